The van der Waals surface area contributed by atoms with E-state index in [2.05, 4.69) is 12.1 Å². The van der Waals surface area contributed by atoms with Gasteiger partial charge in [0.2, 0.25) is 5.91 Å². The molecule has 1 saturated heterocycles. The highest BCUT2D eigenvalue weighted by Gasteiger charge is 2.35. The molecule has 4 heteroatoms. The molecular weight excluding hydrogens is 238 g/mol. The third kappa shape index (κ3) is 2.96. The molecule has 0 aliphatic carbocycles. The molecule has 1 fully saturated rings. The molecular formula is C15H23N3O. The largest absolute Gasteiger partial charge is 0.340 e. The van der Waals surface area contributed by atoms with Crippen LogP contribution in [0, 0.1) is 5.92 Å². The number of nitrogens with zero attached hydrogens (tertiary/aromatic N) is 1. The van der Waals surface area contributed by atoms with E-state index in [1.165, 1.54) is 5.56 Å². The summed E-state index contributed by atoms with van der Waals surface area (Å²) < 4.78 is 0. The first-order chi connectivity index (χ1) is 9.00. The van der Waals surface area contributed by atoms with Gasteiger partial charge in [0.25, 0.3) is 0 Å². The quantitative estimate of drug-likeness (QED) is 0.850. The smallest absolute Gasteiger partial charge is 0.227 e. The molecule has 2 unspecified atom stereocenters. The Morgan fingerprint density at radius 3 is 2.47 bits per heavy atom. The van der Waals surface area contributed by atoms with Crippen LogP contribution in [0.1, 0.15) is 25.3 Å². The van der Waals surface area contributed by atoms with Gasteiger partial charge >= 0.3 is 0 Å². The van der Waals surface area contributed by atoms with Crippen molar-refractivity contribution < 1.29 is 4.79 Å². The number of likely N-dealkylation sites (tertiary alicyclic amines) is 1. The first-order valence-electron chi connectivity index (χ1n) is 6.85. The van der Waals surface area contributed by atoms with Gasteiger partial charge in [-0.2, -0.15) is 0 Å². The van der Waals surface area contributed by atoms with Gasteiger partial charge in [-0.1, -0.05) is 37.3 Å². The van der Waals surface area contributed by atoms with Crippen molar-refractivity contribution >= 4 is 5.91 Å². The number of hydrogen-bond acceptors (Lipinski definition) is 3. The fraction of sp³-hybridized carbons (Fsp3) is 0.533. The summed E-state index contributed by atoms with van der Waals surface area (Å²) in [6.07, 6.45) is 0. The minimum Gasteiger partial charge on any atom is -0.340 e. The predicted molar refractivity (Wildman–Crippen MR) is 76.6 cm³/mol. The molecule has 1 aromatic carbocycles. The van der Waals surface area contributed by atoms with Crippen molar-refractivity contribution in [3.05, 3.63) is 35.9 Å². The van der Waals surface area contributed by atoms with Crippen LogP contribution < -0.4 is 11.5 Å². The van der Waals surface area contributed by atoms with Crippen LogP contribution in [-0.4, -0.2) is 36.0 Å². The lowest BCUT2D eigenvalue weighted by atomic mass is 9.95. The second-order valence-electron chi connectivity index (χ2n) is 5.57. The molecule has 1 aliphatic rings. The maximum absolute atomic E-state index is 12.3. The van der Waals surface area contributed by atoms with Gasteiger partial charge in [0.15, 0.2) is 0 Å². The average Bonchev–Trinajstić information content (AvgIpc) is 2.80. The second-order valence-corrected chi connectivity index (χ2v) is 5.57. The van der Waals surface area contributed by atoms with E-state index in [1.807, 2.05) is 36.9 Å². The molecule has 0 radical (unpaired) electrons. The van der Waals surface area contributed by atoms with Crippen LogP contribution in [0.25, 0.3) is 0 Å². The fourth-order valence-corrected chi connectivity index (χ4v) is 2.57. The second kappa shape index (κ2) is 5.72. The van der Waals surface area contributed by atoms with Crippen molar-refractivity contribution in [3.63, 3.8) is 0 Å². The fourth-order valence-electron chi connectivity index (χ4n) is 2.57. The summed E-state index contributed by atoms with van der Waals surface area (Å²) in [7, 11) is 0. The Balaban J connectivity index is 2.08. The number of nitrogens with two attached hydrogens (primary N) is 2. The van der Waals surface area contributed by atoms with Crippen molar-refractivity contribution in [2.45, 2.75) is 31.8 Å². The summed E-state index contributed by atoms with van der Waals surface area (Å²) in [6, 6.07) is 10.0. The first kappa shape index (κ1) is 14.0. The number of hydrogen-bond donors (Lipinski definition) is 2. The van der Waals surface area contributed by atoms with Gasteiger partial charge in [0.1, 0.15) is 0 Å². The Morgan fingerprint density at radius 2 is 1.89 bits per heavy atom. The zero-order valence-corrected chi connectivity index (χ0v) is 11.6. The van der Waals surface area contributed by atoms with E-state index >= 15 is 0 Å². The number of benzene rings is 1. The maximum atomic E-state index is 12.3. The van der Waals surface area contributed by atoms with Crippen LogP contribution >= 0.6 is 0 Å². The predicted octanol–water partition coefficient (Wildman–Crippen LogP) is 0.923. The van der Waals surface area contributed by atoms with Crippen LogP contribution in [0.15, 0.2) is 30.3 Å². The lowest BCUT2D eigenvalue weighted by molar-refractivity contribution is -0.134. The van der Waals surface area contributed by atoms with E-state index in [0.29, 0.717) is 13.1 Å². The molecule has 1 aliphatic heterocycles. The lowest BCUT2D eigenvalue weighted by Crippen LogP contribution is -2.41. The monoisotopic (exact) mass is 261 g/mol. The first-order valence-corrected chi connectivity index (χ1v) is 6.85. The van der Waals surface area contributed by atoms with Crippen LogP contribution in [0.2, 0.25) is 0 Å². The molecule has 1 amide bonds. The minimum absolute atomic E-state index is 0.00614. The molecule has 2 rings (SSSR count). The molecule has 4 nitrogen and oxygen atoms in total. The Hall–Kier alpha value is -1.39. The molecule has 1 heterocycles. The van der Waals surface area contributed by atoms with E-state index in [-0.39, 0.29) is 29.8 Å². The molecule has 1 aromatic rings. The number of amides is 1. The molecule has 4 atom stereocenters. The number of carbonyl (C=O) groups excluding carboxylic acids is 1. The van der Waals surface area contributed by atoms with E-state index in [0.717, 1.165) is 0 Å². The van der Waals surface area contributed by atoms with Crippen molar-refractivity contribution in [1.29, 1.82) is 0 Å². The van der Waals surface area contributed by atoms with Gasteiger partial charge in [0, 0.05) is 31.1 Å². The summed E-state index contributed by atoms with van der Waals surface area (Å²) >= 11 is 0. The Labute approximate surface area is 114 Å². The molecule has 4 N–H and O–H groups in total. The summed E-state index contributed by atoms with van der Waals surface area (Å²) in [6.45, 7) is 5.07. The molecule has 19 heavy (non-hydrogen) atoms. The highest BCUT2D eigenvalue weighted by molar-refractivity contribution is 5.79. The van der Waals surface area contributed by atoms with Crippen LogP contribution in [-0.2, 0) is 4.79 Å². The summed E-state index contributed by atoms with van der Waals surface area (Å²) in [5.41, 5.74) is 13.2. The third-order valence-electron chi connectivity index (χ3n) is 4.08. The van der Waals surface area contributed by atoms with Gasteiger partial charge in [-0.15, -0.1) is 0 Å². The van der Waals surface area contributed by atoms with Crippen molar-refractivity contribution in [2.75, 3.05) is 13.1 Å². The van der Waals surface area contributed by atoms with Crippen molar-refractivity contribution in [1.82, 2.24) is 4.90 Å². The maximum Gasteiger partial charge on any atom is 0.227 e. The molecule has 0 aromatic heterocycles. The zero-order valence-electron chi connectivity index (χ0n) is 11.6. The highest BCUT2D eigenvalue weighted by Crippen LogP contribution is 2.27. The van der Waals surface area contributed by atoms with Crippen LogP contribution in [0.5, 0.6) is 0 Å². The summed E-state index contributed by atoms with van der Waals surface area (Å²) in [5.74, 6) is 0.191. The van der Waals surface area contributed by atoms with Gasteiger partial charge in [0.05, 0.1) is 5.92 Å². The van der Waals surface area contributed by atoms with E-state index in [1.54, 1.807) is 0 Å². The van der Waals surface area contributed by atoms with Crippen molar-refractivity contribution in [3.8, 4) is 0 Å². The highest BCUT2D eigenvalue weighted by atomic mass is 16.2. The molecule has 0 bridgehead atoms. The van der Waals surface area contributed by atoms with Gasteiger partial charge < -0.3 is 16.4 Å². The van der Waals surface area contributed by atoms with Gasteiger partial charge in [-0.05, 0) is 12.5 Å². The molecule has 104 valence electrons. The van der Waals surface area contributed by atoms with Gasteiger partial charge in [-0.3, -0.25) is 4.79 Å². The lowest BCUT2D eigenvalue weighted by Gasteiger charge is -2.23. The summed E-state index contributed by atoms with van der Waals surface area (Å²) in [5, 5.41) is 0. The topological polar surface area (TPSA) is 72.4 Å². The van der Waals surface area contributed by atoms with Crippen LogP contribution in [0.3, 0.4) is 0 Å². The molecule has 0 saturated carbocycles. The van der Waals surface area contributed by atoms with Crippen molar-refractivity contribution in [2.24, 2.45) is 17.4 Å². The standard InChI is InChI=1S/C15H23N3O/c1-10(11(2)16)15(19)18-8-13(14(17)9-18)12-6-4-3-5-7-12/h3-7,10-11,13-14H,8-9,16-17H2,1-2H3/t10?,11?,13-,14+/m0/s1. The van der Waals surface area contributed by atoms with Gasteiger partial charge in [-0.25, -0.2) is 0 Å². The Kier molecular flexibility index (Phi) is 4.22. The van der Waals surface area contributed by atoms with Crippen LogP contribution in [0.4, 0.5) is 0 Å². The Bertz CT molecular complexity index is 432. The average molecular weight is 261 g/mol. The Morgan fingerprint density at radius 1 is 1.26 bits per heavy atom. The zero-order chi connectivity index (χ0) is 14.0. The minimum atomic E-state index is -0.151. The normalized spacial score (nSPS) is 26.2. The van der Waals surface area contributed by atoms with E-state index in [9.17, 15) is 4.79 Å². The van der Waals surface area contributed by atoms with E-state index in [4.69, 9.17) is 11.5 Å². The third-order valence-corrected chi connectivity index (χ3v) is 4.08. The number of rotatable bonds is 3. The number of carbonyl (C=O) groups is 1. The SMILES string of the molecule is CC(N)C(C)C(=O)N1C[C@@H](N)[C@H](c2ccccc2)C1. The molecule has 0 spiro atoms. The summed E-state index contributed by atoms with van der Waals surface area (Å²) in [4.78, 5) is 14.2. The van der Waals surface area contributed by atoms with E-state index < -0.39 is 0 Å².